The number of tetrazole rings is 1. The lowest BCUT2D eigenvalue weighted by atomic mass is 9.81. The monoisotopic (exact) mass is 594 g/mol. The van der Waals surface area contributed by atoms with Crippen LogP contribution in [-0.4, -0.2) is 50.0 Å². The molecule has 0 saturated heterocycles. The van der Waals surface area contributed by atoms with E-state index in [9.17, 15) is 9.59 Å². The third-order valence-corrected chi connectivity index (χ3v) is 7.92. The zero-order valence-electron chi connectivity index (χ0n) is 22.3. The van der Waals surface area contributed by atoms with Gasteiger partial charge in [-0.05, 0) is 84.8 Å². The van der Waals surface area contributed by atoms with Crippen LogP contribution in [0.4, 0.5) is 5.69 Å². The van der Waals surface area contributed by atoms with Crippen molar-refractivity contribution in [1.82, 2.24) is 25.6 Å². The highest BCUT2D eigenvalue weighted by Gasteiger charge is 2.36. The van der Waals surface area contributed by atoms with Gasteiger partial charge >= 0.3 is 0 Å². The van der Waals surface area contributed by atoms with Crippen molar-refractivity contribution >= 4 is 41.5 Å². The molecular formula is C29H32Cl2N8O2. The number of primary amides is 1. The second kappa shape index (κ2) is 13.7. The van der Waals surface area contributed by atoms with Crippen molar-refractivity contribution in [2.24, 2.45) is 23.3 Å². The molecule has 2 amide bonds. The van der Waals surface area contributed by atoms with E-state index in [4.69, 9.17) is 23.1 Å². The Bertz CT molecular complexity index is 1440. The highest BCUT2D eigenvalue weighted by molar-refractivity contribution is 6.33. The minimum atomic E-state index is -0.883. The van der Waals surface area contributed by atoms with E-state index in [2.05, 4.69) is 25.6 Å². The van der Waals surface area contributed by atoms with E-state index in [-0.39, 0.29) is 30.7 Å². The van der Waals surface area contributed by atoms with Crippen LogP contribution in [0.15, 0.2) is 67.0 Å². The van der Waals surface area contributed by atoms with Crippen molar-refractivity contribution in [3.63, 3.8) is 0 Å². The largest absolute Gasteiger partial charge is 0.368 e. The van der Waals surface area contributed by atoms with Crippen molar-refractivity contribution in [2.45, 2.75) is 38.1 Å². The molecule has 1 aliphatic carbocycles. The summed E-state index contributed by atoms with van der Waals surface area (Å²) in [6.45, 7) is 0.618. The number of nitrogens with two attached hydrogens (primary N) is 2. The lowest BCUT2D eigenvalue weighted by molar-refractivity contribution is -0.127. The first kappa shape index (κ1) is 30.1. The van der Waals surface area contributed by atoms with Gasteiger partial charge in [0.2, 0.25) is 17.6 Å². The van der Waals surface area contributed by atoms with E-state index in [1.54, 1.807) is 41.6 Å². The zero-order chi connectivity index (χ0) is 28.1. The van der Waals surface area contributed by atoms with E-state index < -0.39 is 11.9 Å². The molecule has 2 aromatic carbocycles. The van der Waals surface area contributed by atoms with Crippen molar-refractivity contribution in [2.75, 3.05) is 11.4 Å². The molecule has 1 fully saturated rings. The molecule has 1 saturated carbocycles. The Kier molecular flexibility index (Phi) is 10.0. The Balaban J connectivity index is 0.00000387. The molecule has 10 nitrogen and oxygen atoms in total. The quantitative estimate of drug-likeness (QED) is 0.262. The third kappa shape index (κ3) is 6.90. The van der Waals surface area contributed by atoms with Gasteiger partial charge in [-0.25, -0.2) is 0 Å². The Morgan fingerprint density at radius 2 is 1.68 bits per heavy atom. The van der Waals surface area contributed by atoms with Crippen LogP contribution in [0.2, 0.25) is 5.02 Å². The van der Waals surface area contributed by atoms with Gasteiger partial charge in [-0.3, -0.25) is 19.5 Å². The molecule has 0 bridgehead atoms. The van der Waals surface area contributed by atoms with Crippen molar-refractivity contribution in [3.05, 3.63) is 77.6 Å². The number of anilines is 1. The van der Waals surface area contributed by atoms with Crippen molar-refractivity contribution in [3.8, 4) is 22.5 Å². The van der Waals surface area contributed by atoms with Crippen LogP contribution >= 0.6 is 24.0 Å². The molecule has 1 aliphatic rings. The number of pyridine rings is 1. The first-order valence-electron chi connectivity index (χ1n) is 13.3. The molecule has 214 valence electrons. The van der Waals surface area contributed by atoms with E-state index >= 15 is 0 Å². The van der Waals surface area contributed by atoms with Gasteiger partial charge in [0.1, 0.15) is 6.04 Å². The second-order valence-electron chi connectivity index (χ2n) is 10.1. The SMILES string of the molecule is Cl.NC[C@H]1CC[C@H](C(=O)N(c2ccc(-c3nn[nH]n3)cc2)[C@@H](Cc2ccc(-c3ccncc3Cl)cc2)C(N)=O)CC1. The Hall–Kier alpha value is -3.86. The summed E-state index contributed by atoms with van der Waals surface area (Å²) >= 11 is 6.32. The number of hydrogen-bond acceptors (Lipinski definition) is 7. The fraction of sp³-hybridized carbons (Fsp3) is 0.310. The lowest BCUT2D eigenvalue weighted by Gasteiger charge is -2.35. The average Bonchev–Trinajstić information content (AvgIpc) is 3.53. The lowest BCUT2D eigenvalue weighted by Crippen LogP contribution is -2.52. The first-order valence-corrected chi connectivity index (χ1v) is 13.7. The smallest absolute Gasteiger partial charge is 0.240 e. The number of benzene rings is 2. The summed E-state index contributed by atoms with van der Waals surface area (Å²) in [6.07, 6.45) is 6.77. The molecule has 2 heterocycles. The van der Waals surface area contributed by atoms with Gasteiger partial charge in [-0.2, -0.15) is 5.21 Å². The molecule has 0 unspecified atom stereocenters. The standard InChI is InChI=1S/C29H31ClN8O2.ClH/c30-25-17-33-14-13-24(25)20-5-1-18(2-6-20)15-26(27(32)39)38(29(40)22-7-3-19(16-31)4-8-22)23-11-9-21(10-12-23)28-34-36-37-35-28;/h1-2,5-6,9-14,17,19,22,26H,3-4,7-8,15-16,31H2,(H2,32,39)(H,34,35,36,37);1H/t19-,22-,26-;/m0./s1. The van der Waals surface area contributed by atoms with E-state index in [0.717, 1.165) is 47.9 Å². The van der Waals surface area contributed by atoms with E-state index in [1.807, 2.05) is 30.3 Å². The number of aromatic amines is 1. The zero-order valence-corrected chi connectivity index (χ0v) is 23.9. The van der Waals surface area contributed by atoms with Gasteiger partial charge in [0.25, 0.3) is 0 Å². The Morgan fingerprint density at radius 1 is 1.00 bits per heavy atom. The average molecular weight is 596 g/mol. The number of carbonyl (C=O) groups excluding carboxylic acids is 2. The van der Waals surface area contributed by atoms with Crippen LogP contribution in [0, 0.1) is 11.8 Å². The van der Waals surface area contributed by atoms with E-state index in [1.165, 1.54) is 0 Å². The molecule has 0 radical (unpaired) electrons. The predicted octanol–water partition coefficient (Wildman–Crippen LogP) is 4.20. The summed E-state index contributed by atoms with van der Waals surface area (Å²) in [6, 6.07) is 15.9. The number of nitrogens with one attached hydrogen (secondary N) is 1. The maximum absolute atomic E-state index is 14.0. The minimum Gasteiger partial charge on any atom is -0.368 e. The van der Waals surface area contributed by atoms with Crippen molar-refractivity contribution < 1.29 is 9.59 Å². The maximum atomic E-state index is 14.0. The number of nitrogens with zero attached hydrogens (tertiary/aromatic N) is 5. The second-order valence-corrected chi connectivity index (χ2v) is 10.5. The molecule has 41 heavy (non-hydrogen) atoms. The van der Waals surface area contributed by atoms with Gasteiger partial charge in [-0.1, -0.05) is 35.9 Å². The van der Waals surface area contributed by atoms with Crippen LogP contribution in [0.5, 0.6) is 0 Å². The summed E-state index contributed by atoms with van der Waals surface area (Å²) in [4.78, 5) is 32.6. The Morgan fingerprint density at radius 3 is 2.27 bits per heavy atom. The first-order chi connectivity index (χ1) is 19.4. The summed E-state index contributed by atoms with van der Waals surface area (Å²) < 4.78 is 0. The molecule has 0 aliphatic heterocycles. The van der Waals surface area contributed by atoms with E-state index in [0.29, 0.717) is 29.0 Å². The third-order valence-electron chi connectivity index (χ3n) is 7.62. The number of carbonyl (C=O) groups is 2. The molecule has 1 atom stereocenters. The predicted molar refractivity (Wildman–Crippen MR) is 160 cm³/mol. The van der Waals surface area contributed by atoms with Crippen LogP contribution in [0.1, 0.15) is 31.2 Å². The van der Waals surface area contributed by atoms with Gasteiger partial charge in [0, 0.05) is 41.5 Å². The van der Waals surface area contributed by atoms with Crippen LogP contribution in [0.3, 0.4) is 0 Å². The molecule has 5 N–H and O–H groups in total. The summed E-state index contributed by atoms with van der Waals surface area (Å²) in [5, 5.41) is 14.6. The number of amides is 2. The molecule has 5 rings (SSSR count). The van der Waals surface area contributed by atoms with Gasteiger partial charge < -0.3 is 11.5 Å². The topological polar surface area (TPSA) is 157 Å². The van der Waals surface area contributed by atoms with Gasteiger partial charge in [-0.15, -0.1) is 22.6 Å². The van der Waals surface area contributed by atoms with Gasteiger partial charge in [0.15, 0.2) is 0 Å². The highest BCUT2D eigenvalue weighted by atomic mass is 35.5. The normalized spacial score (nSPS) is 17.3. The van der Waals surface area contributed by atoms with Crippen LogP contribution in [-0.2, 0) is 16.0 Å². The molecule has 0 spiro atoms. The summed E-state index contributed by atoms with van der Waals surface area (Å²) in [7, 11) is 0. The number of halogens is 2. The Labute approximate surface area is 249 Å². The number of aromatic nitrogens is 5. The minimum absolute atomic E-state index is 0. The summed E-state index contributed by atoms with van der Waals surface area (Å²) in [5.41, 5.74) is 15.8. The number of rotatable bonds is 9. The van der Waals surface area contributed by atoms with Gasteiger partial charge in [0.05, 0.1) is 5.02 Å². The molecule has 2 aromatic heterocycles. The van der Waals surface area contributed by atoms with Crippen LogP contribution < -0.4 is 16.4 Å². The number of H-pyrrole nitrogens is 1. The maximum Gasteiger partial charge on any atom is 0.240 e. The molecule has 12 heteroatoms. The highest BCUT2D eigenvalue weighted by Crippen LogP contribution is 2.33. The molecular weight excluding hydrogens is 563 g/mol. The van der Waals surface area contributed by atoms with Crippen molar-refractivity contribution in [1.29, 1.82) is 0 Å². The number of hydrogen-bond donors (Lipinski definition) is 3. The fourth-order valence-electron chi connectivity index (χ4n) is 5.33. The summed E-state index contributed by atoms with van der Waals surface area (Å²) in [5.74, 6) is -0.0338. The molecule has 4 aromatic rings. The van der Waals surface area contributed by atoms with Crippen LogP contribution in [0.25, 0.3) is 22.5 Å². The fourth-order valence-corrected chi connectivity index (χ4v) is 5.56.